The second-order valence-electron chi connectivity index (χ2n) is 2.49. The van der Waals surface area contributed by atoms with E-state index in [0.717, 1.165) is 17.5 Å². The zero-order chi connectivity index (χ0) is 9.14. The van der Waals surface area contributed by atoms with Gasteiger partial charge in [0.15, 0.2) is 0 Å². The maximum absolute atomic E-state index is 6.00. The number of hydrogen-bond acceptors (Lipinski definition) is 0. The van der Waals surface area contributed by atoms with Crippen LogP contribution < -0.4 is 0 Å². The first-order valence-electron chi connectivity index (χ1n) is 3.80. The monoisotopic (exact) mass is 200 g/mol. The predicted octanol–water partition coefficient (Wildman–Crippen LogP) is 4.20. The molecule has 0 amide bonds. The predicted molar refractivity (Wildman–Crippen MR) is 55.9 cm³/mol. The van der Waals surface area contributed by atoms with Crippen molar-refractivity contribution in [1.29, 1.82) is 0 Å². The van der Waals surface area contributed by atoms with Gasteiger partial charge in [-0.1, -0.05) is 48.8 Å². The first-order valence-corrected chi connectivity index (χ1v) is 4.55. The highest BCUT2D eigenvalue weighted by Gasteiger charge is 2.05. The molecule has 0 N–H and O–H groups in total. The van der Waals surface area contributed by atoms with Crippen molar-refractivity contribution in [3.8, 4) is 0 Å². The molecular formula is C10H10Cl2. The van der Waals surface area contributed by atoms with Crippen molar-refractivity contribution in [3.63, 3.8) is 0 Å². The molecule has 0 heterocycles. The number of rotatable bonds is 2. The summed E-state index contributed by atoms with van der Waals surface area (Å²) in [7, 11) is 0. The van der Waals surface area contributed by atoms with Crippen molar-refractivity contribution in [1.82, 2.24) is 0 Å². The zero-order valence-corrected chi connectivity index (χ0v) is 8.41. The summed E-state index contributed by atoms with van der Waals surface area (Å²) in [4.78, 5) is 0. The summed E-state index contributed by atoms with van der Waals surface area (Å²) in [6.45, 7) is 5.75. The zero-order valence-electron chi connectivity index (χ0n) is 6.90. The Bertz CT molecular complexity index is 303. The van der Waals surface area contributed by atoms with Gasteiger partial charge in [0.25, 0.3) is 0 Å². The van der Waals surface area contributed by atoms with Crippen LogP contribution in [0.5, 0.6) is 0 Å². The van der Waals surface area contributed by atoms with Crippen molar-refractivity contribution in [2.24, 2.45) is 0 Å². The Hall–Kier alpha value is -0.460. The summed E-state index contributed by atoms with van der Waals surface area (Å²) in [6, 6.07) is 3.72. The summed E-state index contributed by atoms with van der Waals surface area (Å²) in [6.07, 6.45) is 2.67. The second kappa shape index (κ2) is 3.97. The Kier molecular flexibility index (Phi) is 3.19. The van der Waals surface area contributed by atoms with E-state index in [0.29, 0.717) is 10.0 Å². The van der Waals surface area contributed by atoms with E-state index >= 15 is 0 Å². The van der Waals surface area contributed by atoms with Crippen LogP contribution in [0.4, 0.5) is 0 Å². The lowest BCUT2D eigenvalue weighted by Crippen LogP contribution is -1.88. The molecule has 0 nitrogen and oxygen atoms in total. The van der Waals surface area contributed by atoms with Crippen molar-refractivity contribution >= 4 is 29.3 Å². The molecule has 1 aromatic carbocycles. The Morgan fingerprint density at radius 3 is 2.58 bits per heavy atom. The first kappa shape index (κ1) is 9.63. The van der Waals surface area contributed by atoms with Gasteiger partial charge in [-0.25, -0.2) is 0 Å². The van der Waals surface area contributed by atoms with E-state index in [1.807, 2.05) is 13.0 Å². The molecule has 0 atom stereocenters. The molecule has 0 saturated carbocycles. The van der Waals surface area contributed by atoms with E-state index in [1.54, 1.807) is 12.1 Å². The molecule has 0 fully saturated rings. The molecular weight excluding hydrogens is 191 g/mol. The lowest BCUT2D eigenvalue weighted by molar-refractivity contribution is 1.13. The average molecular weight is 201 g/mol. The van der Waals surface area contributed by atoms with E-state index in [2.05, 4.69) is 6.58 Å². The van der Waals surface area contributed by atoms with Crippen molar-refractivity contribution < 1.29 is 0 Å². The van der Waals surface area contributed by atoms with Gasteiger partial charge in [0, 0.05) is 0 Å². The maximum atomic E-state index is 6.00. The van der Waals surface area contributed by atoms with Crippen LogP contribution in [-0.2, 0) is 6.42 Å². The van der Waals surface area contributed by atoms with Gasteiger partial charge in [-0.3, -0.25) is 0 Å². The molecule has 0 unspecified atom stereocenters. The summed E-state index contributed by atoms with van der Waals surface area (Å²) in [5, 5.41) is 1.26. The molecule has 12 heavy (non-hydrogen) atoms. The average Bonchev–Trinajstić information content (AvgIpc) is 2.09. The fourth-order valence-electron chi connectivity index (χ4n) is 1.16. The number of benzene rings is 1. The first-order chi connectivity index (χ1) is 5.70. The molecule has 0 aliphatic carbocycles. The molecule has 0 aliphatic heterocycles. The van der Waals surface area contributed by atoms with Crippen LogP contribution in [0.2, 0.25) is 10.0 Å². The normalized spacial score (nSPS) is 9.92. The fourth-order valence-corrected chi connectivity index (χ4v) is 1.64. The van der Waals surface area contributed by atoms with Gasteiger partial charge in [-0.2, -0.15) is 0 Å². The fraction of sp³-hybridized carbons (Fsp3) is 0.200. The summed E-state index contributed by atoms with van der Waals surface area (Å²) in [5.74, 6) is 0. The quantitative estimate of drug-likeness (QED) is 0.672. The largest absolute Gasteiger partial charge is 0.0985 e. The van der Waals surface area contributed by atoms with Gasteiger partial charge in [-0.15, -0.1) is 0 Å². The molecule has 1 aromatic rings. The molecule has 0 radical (unpaired) electrons. The summed E-state index contributed by atoms with van der Waals surface area (Å²) < 4.78 is 0. The van der Waals surface area contributed by atoms with Crippen molar-refractivity contribution in [2.75, 3.05) is 0 Å². The topological polar surface area (TPSA) is 0 Å². The Labute approximate surface area is 82.8 Å². The standard InChI is InChI=1S/C10H10Cl2/c1-3-7-5-6-9(11)10(12)8(7)4-2/h3,5-6H,1,4H2,2H3. The smallest absolute Gasteiger partial charge is 0.0630 e. The molecule has 0 saturated heterocycles. The third-order valence-electron chi connectivity index (χ3n) is 1.81. The molecule has 1 rings (SSSR count). The van der Waals surface area contributed by atoms with Crippen LogP contribution in [0.3, 0.4) is 0 Å². The van der Waals surface area contributed by atoms with Gasteiger partial charge in [0.05, 0.1) is 10.0 Å². The lowest BCUT2D eigenvalue weighted by atomic mass is 10.1. The van der Waals surface area contributed by atoms with Crippen LogP contribution in [0.1, 0.15) is 18.1 Å². The van der Waals surface area contributed by atoms with Crippen molar-refractivity contribution in [2.45, 2.75) is 13.3 Å². The minimum Gasteiger partial charge on any atom is -0.0985 e. The highest BCUT2D eigenvalue weighted by Crippen LogP contribution is 2.29. The maximum Gasteiger partial charge on any atom is 0.0630 e. The van der Waals surface area contributed by atoms with Crippen LogP contribution >= 0.6 is 23.2 Å². The van der Waals surface area contributed by atoms with E-state index in [-0.39, 0.29) is 0 Å². The molecule has 0 spiro atoms. The SMILES string of the molecule is C=Cc1ccc(Cl)c(Cl)c1CC. The Morgan fingerprint density at radius 1 is 1.42 bits per heavy atom. The minimum atomic E-state index is 0.610. The van der Waals surface area contributed by atoms with E-state index < -0.39 is 0 Å². The van der Waals surface area contributed by atoms with Crippen LogP contribution in [0.25, 0.3) is 6.08 Å². The van der Waals surface area contributed by atoms with Crippen LogP contribution in [-0.4, -0.2) is 0 Å². The Balaban J connectivity index is 3.35. The third kappa shape index (κ3) is 1.65. The van der Waals surface area contributed by atoms with Gasteiger partial charge >= 0.3 is 0 Å². The van der Waals surface area contributed by atoms with Gasteiger partial charge in [0.1, 0.15) is 0 Å². The van der Waals surface area contributed by atoms with E-state index in [9.17, 15) is 0 Å². The summed E-state index contributed by atoms with van der Waals surface area (Å²) in [5.41, 5.74) is 2.13. The second-order valence-corrected chi connectivity index (χ2v) is 3.27. The highest BCUT2D eigenvalue weighted by molar-refractivity contribution is 6.42. The number of hydrogen-bond donors (Lipinski definition) is 0. The van der Waals surface area contributed by atoms with Gasteiger partial charge in [0.2, 0.25) is 0 Å². The third-order valence-corrected chi connectivity index (χ3v) is 2.65. The molecule has 64 valence electrons. The molecule has 2 heteroatoms. The van der Waals surface area contributed by atoms with Crippen LogP contribution in [0.15, 0.2) is 18.7 Å². The Morgan fingerprint density at radius 2 is 2.08 bits per heavy atom. The highest BCUT2D eigenvalue weighted by atomic mass is 35.5. The molecule has 0 aliphatic rings. The number of halogens is 2. The van der Waals surface area contributed by atoms with Gasteiger partial charge < -0.3 is 0 Å². The lowest BCUT2D eigenvalue weighted by Gasteiger charge is -2.06. The van der Waals surface area contributed by atoms with Crippen molar-refractivity contribution in [3.05, 3.63) is 39.9 Å². The minimum absolute atomic E-state index is 0.610. The van der Waals surface area contributed by atoms with E-state index in [1.165, 1.54) is 0 Å². The van der Waals surface area contributed by atoms with Gasteiger partial charge in [-0.05, 0) is 23.6 Å². The van der Waals surface area contributed by atoms with Crippen LogP contribution in [0, 0.1) is 0 Å². The molecule has 0 aromatic heterocycles. The van der Waals surface area contributed by atoms with E-state index in [4.69, 9.17) is 23.2 Å². The summed E-state index contributed by atoms with van der Waals surface area (Å²) >= 11 is 11.9. The molecule has 0 bridgehead atoms.